The van der Waals surface area contributed by atoms with Crippen LogP contribution in [0.5, 0.6) is 5.75 Å². The summed E-state index contributed by atoms with van der Waals surface area (Å²) in [4.78, 5) is 0. The second-order valence-corrected chi connectivity index (χ2v) is 4.85. The fraction of sp³-hybridized carbons (Fsp3) is 0.600. The number of aliphatic hydroxyl groups is 1. The largest absolute Gasteiger partial charge is 0.496 e. The molecule has 0 heterocycles. The molecule has 1 atom stereocenters. The number of aliphatic hydroxyl groups excluding tert-OH is 1. The molecule has 1 aromatic carbocycles. The van der Waals surface area contributed by atoms with Crippen LogP contribution in [0.2, 0.25) is 0 Å². The van der Waals surface area contributed by atoms with Crippen LogP contribution in [-0.2, 0) is 4.74 Å². The highest BCUT2D eigenvalue weighted by Gasteiger charge is 2.43. The molecule has 18 heavy (non-hydrogen) atoms. The highest BCUT2D eigenvalue weighted by molar-refractivity contribution is 5.36. The van der Waals surface area contributed by atoms with E-state index in [0.717, 1.165) is 37.0 Å². The lowest BCUT2D eigenvalue weighted by Crippen LogP contribution is -2.36. The average molecular weight is 250 g/mol. The molecule has 0 saturated heterocycles. The van der Waals surface area contributed by atoms with E-state index in [9.17, 15) is 5.11 Å². The number of hydrogen-bond acceptors (Lipinski definition) is 3. The van der Waals surface area contributed by atoms with Gasteiger partial charge in [-0.05, 0) is 25.8 Å². The van der Waals surface area contributed by atoms with Gasteiger partial charge in [0, 0.05) is 12.2 Å². The van der Waals surface area contributed by atoms with E-state index in [4.69, 9.17) is 9.47 Å². The van der Waals surface area contributed by atoms with Crippen molar-refractivity contribution >= 4 is 0 Å². The van der Waals surface area contributed by atoms with Crippen molar-refractivity contribution in [2.24, 2.45) is 0 Å². The number of hydrogen-bond donors (Lipinski definition) is 1. The summed E-state index contributed by atoms with van der Waals surface area (Å²) < 4.78 is 11.2. The predicted octanol–water partition coefficient (Wildman–Crippen LogP) is 3.08. The van der Waals surface area contributed by atoms with E-state index in [2.05, 4.69) is 0 Å². The number of rotatable bonds is 5. The van der Waals surface area contributed by atoms with E-state index in [1.807, 2.05) is 31.2 Å². The highest BCUT2D eigenvalue weighted by atomic mass is 16.5. The van der Waals surface area contributed by atoms with Crippen LogP contribution in [0.4, 0.5) is 0 Å². The molecule has 100 valence electrons. The molecular weight excluding hydrogens is 228 g/mol. The van der Waals surface area contributed by atoms with Gasteiger partial charge in [-0.25, -0.2) is 0 Å². The molecule has 0 amide bonds. The number of ether oxygens (including phenoxy) is 2. The van der Waals surface area contributed by atoms with Crippen LogP contribution in [0.25, 0.3) is 0 Å². The van der Waals surface area contributed by atoms with Gasteiger partial charge in [0.05, 0.1) is 12.7 Å². The molecule has 1 aromatic rings. The van der Waals surface area contributed by atoms with Crippen molar-refractivity contribution in [1.29, 1.82) is 0 Å². The van der Waals surface area contributed by atoms with E-state index in [1.54, 1.807) is 7.11 Å². The lowest BCUT2D eigenvalue weighted by molar-refractivity contribution is -0.119. The molecule has 1 N–H and O–H groups in total. The zero-order valence-corrected chi connectivity index (χ0v) is 11.2. The monoisotopic (exact) mass is 250 g/mol. The maximum atomic E-state index is 10.7. The second kappa shape index (κ2) is 5.72. The Hall–Kier alpha value is -1.06. The minimum atomic E-state index is -0.615. The van der Waals surface area contributed by atoms with Crippen LogP contribution in [0.3, 0.4) is 0 Å². The third-order valence-corrected chi connectivity index (χ3v) is 3.81. The van der Waals surface area contributed by atoms with E-state index in [-0.39, 0.29) is 0 Å². The Morgan fingerprint density at radius 2 is 1.94 bits per heavy atom. The first kappa shape index (κ1) is 13.4. The summed E-state index contributed by atoms with van der Waals surface area (Å²) in [5.41, 5.74) is 0.402. The first-order chi connectivity index (χ1) is 8.73. The summed E-state index contributed by atoms with van der Waals surface area (Å²) in [7, 11) is 1.63. The minimum Gasteiger partial charge on any atom is -0.496 e. The van der Waals surface area contributed by atoms with Gasteiger partial charge in [0.1, 0.15) is 11.9 Å². The van der Waals surface area contributed by atoms with Crippen molar-refractivity contribution in [2.75, 3.05) is 13.7 Å². The van der Waals surface area contributed by atoms with E-state index in [0.29, 0.717) is 6.61 Å². The van der Waals surface area contributed by atoms with Gasteiger partial charge in [-0.2, -0.15) is 0 Å². The molecule has 3 heteroatoms. The van der Waals surface area contributed by atoms with Crippen molar-refractivity contribution in [3.63, 3.8) is 0 Å². The van der Waals surface area contributed by atoms with Crippen molar-refractivity contribution in [1.82, 2.24) is 0 Å². The van der Waals surface area contributed by atoms with Crippen LogP contribution in [0.15, 0.2) is 24.3 Å². The van der Waals surface area contributed by atoms with E-state index in [1.165, 1.54) is 0 Å². The Kier molecular flexibility index (Phi) is 4.25. The highest BCUT2D eigenvalue weighted by Crippen LogP contribution is 2.44. The van der Waals surface area contributed by atoms with Gasteiger partial charge in [0.2, 0.25) is 0 Å². The van der Waals surface area contributed by atoms with Crippen LogP contribution in [-0.4, -0.2) is 24.4 Å². The third kappa shape index (κ3) is 2.38. The van der Waals surface area contributed by atoms with Crippen molar-refractivity contribution < 1.29 is 14.6 Å². The fourth-order valence-electron chi connectivity index (χ4n) is 2.93. The number of para-hydroxylation sites is 1. The van der Waals surface area contributed by atoms with Crippen LogP contribution in [0.1, 0.15) is 44.3 Å². The predicted molar refractivity (Wildman–Crippen MR) is 70.8 cm³/mol. The van der Waals surface area contributed by atoms with Crippen LogP contribution in [0, 0.1) is 0 Å². The van der Waals surface area contributed by atoms with Gasteiger partial charge in [0.25, 0.3) is 0 Å². The lowest BCUT2D eigenvalue weighted by atomic mass is 9.88. The zero-order valence-electron chi connectivity index (χ0n) is 11.2. The van der Waals surface area contributed by atoms with E-state index >= 15 is 0 Å². The van der Waals surface area contributed by atoms with Crippen molar-refractivity contribution in [3.8, 4) is 5.75 Å². The Morgan fingerprint density at radius 1 is 1.28 bits per heavy atom. The van der Waals surface area contributed by atoms with Gasteiger partial charge < -0.3 is 14.6 Å². The van der Waals surface area contributed by atoms with Crippen LogP contribution >= 0.6 is 0 Å². The summed E-state index contributed by atoms with van der Waals surface area (Å²) in [6.45, 7) is 2.61. The molecular formula is C15H22O3. The Balaban J connectivity index is 2.30. The molecule has 0 aliphatic heterocycles. The first-order valence-electron chi connectivity index (χ1n) is 6.68. The maximum absolute atomic E-state index is 10.7. The van der Waals surface area contributed by atoms with Crippen molar-refractivity contribution in [3.05, 3.63) is 29.8 Å². The van der Waals surface area contributed by atoms with Gasteiger partial charge >= 0.3 is 0 Å². The lowest BCUT2D eigenvalue weighted by Gasteiger charge is -2.34. The number of benzene rings is 1. The summed E-state index contributed by atoms with van der Waals surface area (Å²) in [5, 5.41) is 10.7. The van der Waals surface area contributed by atoms with Gasteiger partial charge in [-0.15, -0.1) is 0 Å². The molecule has 0 radical (unpaired) electrons. The zero-order chi connectivity index (χ0) is 13.0. The molecule has 3 nitrogen and oxygen atoms in total. The topological polar surface area (TPSA) is 38.7 Å². The first-order valence-corrected chi connectivity index (χ1v) is 6.68. The van der Waals surface area contributed by atoms with Gasteiger partial charge in [0.15, 0.2) is 0 Å². The SMILES string of the molecule is CCOC1(C(O)c2ccccc2OC)CCCC1. The molecule has 2 rings (SSSR count). The van der Waals surface area contributed by atoms with Crippen molar-refractivity contribution in [2.45, 2.75) is 44.3 Å². The van der Waals surface area contributed by atoms with Crippen LogP contribution < -0.4 is 4.74 Å². The minimum absolute atomic E-state index is 0.427. The molecule has 1 aliphatic rings. The van der Waals surface area contributed by atoms with E-state index < -0.39 is 11.7 Å². The molecule has 0 spiro atoms. The molecule has 1 saturated carbocycles. The molecule has 1 aliphatic carbocycles. The average Bonchev–Trinajstić information content (AvgIpc) is 2.88. The molecule has 1 fully saturated rings. The quantitative estimate of drug-likeness (QED) is 0.872. The number of methoxy groups -OCH3 is 1. The summed E-state index contributed by atoms with van der Waals surface area (Å²) >= 11 is 0. The molecule has 0 aromatic heterocycles. The molecule has 1 unspecified atom stereocenters. The smallest absolute Gasteiger partial charge is 0.124 e. The van der Waals surface area contributed by atoms with Gasteiger partial charge in [-0.1, -0.05) is 31.0 Å². The van der Waals surface area contributed by atoms with Gasteiger partial charge in [-0.3, -0.25) is 0 Å². The fourth-order valence-corrected chi connectivity index (χ4v) is 2.93. The summed E-state index contributed by atoms with van der Waals surface area (Å²) in [6.07, 6.45) is 3.45. The third-order valence-electron chi connectivity index (χ3n) is 3.81. The molecule has 0 bridgehead atoms. The maximum Gasteiger partial charge on any atom is 0.124 e. The summed E-state index contributed by atoms with van der Waals surface area (Å²) in [5.74, 6) is 0.732. The Morgan fingerprint density at radius 3 is 2.56 bits per heavy atom. The Labute approximate surface area is 109 Å². The summed E-state index contributed by atoms with van der Waals surface area (Å²) in [6, 6.07) is 7.64. The normalized spacial score (nSPS) is 19.7. The standard InChI is InChI=1S/C15H22O3/c1-3-18-15(10-6-7-11-15)14(16)12-8-4-5-9-13(12)17-2/h4-5,8-9,14,16H,3,6-7,10-11H2,1-2H3. The Bertz CT molecular complexity index is 383. The second-order valence-electron chi connectivity index (χ2n) is 4.85.